The van der Waals surface area contributed by atoms with Crippen LogP contribution in [0.3, 0.4) is 0 Å². The summed E-state index contributed by atoms with van der Waals surface area (Å²) in [4.78, 5) is 16.5. The summed E-state index contributed by atoms with van der Waals surface area (Å²) in [5.74, 6) is 2.22. The number of carbonyl (C=O) groups excluding carboxylic acids is 1. The quantitative estimate of drug-likeness (QED) is 0.861. The van der Waals surface area contributed by atoms with E-state index in [0.717, 1.165) is 17.9 Å². The van der Waals surface area contributed by atoms with E-state index in [4.69, 9.17) is 27.9 Å². The van der Waals surface area contributed by atoms with Crippen LogP contribution in [-0.4, -0.2) is 28.5 Å². The van der Waals surface area contributed by atoms with E-state index in [1.54, 1.807) is 36.5 Å². The Kier molecular flexibility index (Phi) is 5.30. The lowest BCUT2D eigenvalue weighted by atomic mass is 10.2. The van der Waals surface area contributed by atoms with Crippen molar-refractivity contribution in [1.82, 2.24) is 4.98 Å². The van der Waals surface area contributed by atoms with Gasteiger partial charge < -0.3 is 10.1 Å². The highest BCUT2D eigenvalue weighted by Gasteiger charge is 2.18. The third-order valence-corrected chi connectivity index (χ3v) is 5.05. The lowest BCUT2D eigenvalue weighted by molar-refractivity contribution is 0.102. The molecule has 23 heavy (non-hydrogen) atoms. The molecule has 4 nitrogen and oxygen atoms in total. The fraction of sp³-hybridized carbons (Fsp3) is 0.250. The van der Waals surface area contributed by atoms with Gasteiger partial charge in [0.25, 0.3) is 5.91 Å². The van der Waals surface area contributed by atoms with Gasteiger partial charge in [-0.3, -0.25) is 4.79 Å². The first-order valence-corrected chi connectivity index (χ1v) is 9.00. The van der Waals surface area contributed by atoms with Crippen LogP contribution in [0.1, 0.15) is 16.8 Å². The van der Waals surface area contributed by atoms with E-state index in [2.05, 4.69) is 10.3 Å². The second-order valence-corrected chi connectivity index (χ2v) is 7.06. The number of thioether (sulfide) groups is 1. The van der Waals surface area contributed by atoms with Crippen LogP contribution < -0.4 is 10.1 Å². The van der Waals surface area contributed by atoms with Gasteiger partial charge in [-0.25, -0.2) is 4.98 Å². The maximum absolute atomic E-state index is 12.4. The number of carbonyl (C=O) groups is 1. The summed E-state index contributed by atoms with van der Waals surface area (Å²) in [6.07, 6.45) is 2.72. The molecule has 1 N–H and O–H groups in total. The number of benzene rings is 1. The fourth-order valence-electron chi connectivity index (χ4n) is 2.18. The Morgan fingerprint density at radius 1 is 1.30 bits per heavy atom. The van der Waals surface area contributed by atoms with Crippen LogP contribution in [0.15, 0.2) is 36.5 Å². The van der Waals surface area contributed by atoms with Crippen molar-refractivity contribution in [2.75, 3.05) is 16.8 Å². The van der Waals surface area contributed by atoms with E-state index in [0.29, 0.717) is 27.2 Å². The highest BCUT2D eigenvalue weighted by atomic mass is 35.5. The fourth-order valence-corrected chi connectivity index (χ4v) is 3.61. The van der Waals surface area contributed by atoms with Crippen molar-refractivity contribution < 1.29 is 9.53 Å². The number of halogens is 2. The SMILES string of the molecule is O=C(Nc1cc(Cl)ccc1Cl)c1ccnc(OC2CCSC2)c1. The van der Waals surface area contributed by atoms with Crippen LogP contribution in [0.25, 0.3) is 0 Å². The summed E-state index contributed by atoms with van der Waals surface area (Å²) in [6.45, 7) is 0. The van der Waals surface area contributed by atoms with Gasteiger partial charge >= 0.3 is 0 Å². The number of hydrogen-bond acceptors (Lipinski definition) is 4. The zero-order chi connectivity index (χ0) is 16.2. The first-order valence-electron chi connectivity index (χ1n) is 7.08. The zero-order valence-electron chi connectivity index (χ0n) is 12.1. The van der Waals surface area contributed by atoms with Crippen molar-refractivity contribution in [3.8, 4) is 5.88 Å². The molecule has 3 rings (SSSR count). The second-order valence-electron chi connectivity index (χ2n) is 5.06. The van der Waals surface area contributed by atoms with Gasteiger partial charge in [0, 0.05) is 28.6 Å². The molecule has 1 unspecified atom stereocenters. The standard InChI is InChI=1S/C16H14Cl2N2O2S/c17-11-1-2-13(18)14(8-11)20-16(21)10-3-5-19-15(7-10)22-12-4-6-23-9-12/h1-3,5,7-8,12H,4,6,9H2,(H,20,21). The van der Waals surface area contributed by atoms with Crippen LogP contribution in [-0.2, 0) is 0 Å². The molecule has 2 aromatic rings. The van der Waals surface area contributed by atoms with Gasteiger partial charge in [-0.05, 0) is 36.4 Å². The molecule has 0 saturated carbocycles. The minimum Gasteiger partial charge on any atom is -0.473 e. The summed E-state index contributed by atoms with van der Waals surface area (Å²) >= 11 is 13.8. The molecule has 0 spiro atoms. The monoisotopic (exact) mass is 368 g/mol. The average molecular weight is 369 g/mol. The summed E-state index contributed by atoms with van der Waals surface area (Å²) in [6, 6.07) is 8.17. The number of aromatic nitrogens is 1. The number of amides is 1. The summed E-state index contributed by atoms with van der Waals surface area (Å²) < 4.78 is 5.80. The van der Waals surface area contributed by atoms with Gasteiger partial charge in [0.05, 0.1) is 10.7 Å². The number of pyridine rings is 1. The third kappa shape index (κ3) is 4.31. The van der Waals surface area contributed by atoms with Crippen molar-refractivity contribution in [2.45, 2.75) is 12.5 Å². The number of ether oxygens (including phenoxy) is 1. The number of anilines is 1. The topological polar surface area (TPSA) is 51.2 Å². The molecule has 0 radical (unpaired) electrons. The van der Waals surface area contributed by atoms with Gasteiger partial charge in [-0.2, -0.15) is 11.8 Å². The lowest BCUT2D eigenvalue weighted by Gasteiger charge is -2.12. The molecular formula is C16H14Cl2N2O2S. The molecule has 2 heterocycles. The number of nitrogens with one attached hydrogen (secondary N) is 1. The molecule has 1 saturated heterocycles. The average Bonchev–Trinajstić information content (AvgIpc) is 3.04. The lowest BCUT2D eigenvalue weighted by Crippen LogP contribution is -2.17. The number of rotatable bonds is 4. The van der Waals surface area contributed by atoms with E-state index in [9.17, 15) is 4.79 Å². The van der Waals surface area contributed by atoms with Crippen molar-refractivity contribution in [3.63, 3.8) is 0 Å². The Bertz CT molecular complexity index is 721. The van der Waals surface area contributed by atoms with E-state index in [1.807, 2.05) is 11.8 Å². The molecule has 1 fully saturated rings. The summed E-state index contributed by atoms with van der Waals surface area (Å²) in [7, 11) is 0. The predicted molar refractivity (Wildman–Crippen MR) is 95.0 cm³/mol. The summed E-state index contributed by atoms with van der Waals surface area (Å²) in [5, 5.41) is 3.67. The second kappa shape index (κ2) is 7.43. The van der Waals surface area contributed by atoms with Gasteiger partial charge in [0.15, 0.2) is 0 Å². The minimum atomic E-state index is -0.290. The van der Waals surface area contributed by atoms with Gasteiger partial charge in [-0.1, -0.05) is 23.2 Å². The molecule has 1 atom stereocenters. The molecule has 1 aliphatic rings. The Balaban J connectivity index is 1.72. The molecule has 1 aliphatic heterocycles. The zero-order valence-corrected chi connectivity index (χ0v) is 14.4. The van der Waals surface area contributed by atoms with Crippen molar-refractivity contribution in [3.05, 3.63) is 52.1 Å². The Morgan fingerprint density at radius 3 is 2.96 bits per heavy atom. The molecule has 1 amide bonds. The molecule has 7 heteroatoms. The van der Waals surface area contributed by atoms with Crippen LogP contribution in [0.5, 0.6) is 5.88 Å². The maximum atomic E-state index is 12.4. The molecule has 1 aromatic heterocycles. The Hall–Kier alpha value is -1.43. The largest absolute Gasteiger partial charge is 0.473 e. The minimum absolute atomic E-state index is 0.160. The Labute approximate surface area is 148 Å². The number of nitrogens with zero attached hydrogens (tertiary/aromatic N) is 1. The molecule has 1 aromatic carbocycles. The molecule has 0 bridgehead atoms. The summed E-state index contributed by atoms with van der Waals surface area (Å²) in [5.41, 5.74) is 0.923. The van der Waals surface area contributed by atoms with E-state index >= 15 is 0 Å². The van der Waals surface area contributed by atoms with E-state index in [1.165, 1.54) is 0 Å². The highest BCUT2D eigenvalue weighted by Crippen LogP contribution is 2.26. The van der Waals surface area contributed by atoms with Crippen LogP contribution in [0.4, 0.5) is 5.69 Å². The normalized spacial score (nSPS) is 17.0. The van der Waals surface area contributed by atoms with Gasteiger partial charge in [0.1, 0.15) is 6.10 Å². The van der Waals surface area contributed by atoms with Gasteiger partial charge in [0.2, 0.25) is 5.88 Å². The number of hydrogen-bond donors (Lipinski definition) is 1. The van der Waals surface area contributed by atoms with Crippen LogP contribution in [0, 0.1) is 0 Å². The van der Waals surface area contributed by atoms with Crippen molar-refractivity contribution in [2.24, 2.45) is 0 Å². The maximum Gasteiger partial charge on any atom is 0.255 e. The highest BCUT2D eigenvalue weighted by molar-refractivity contribution is 7.99. The first-order chi connectivity index (χ1) is 11.1. The smallest absolute Gasteiger partial charge is 0.255 e. The van der Waals surface area contributed by atoms with Crippen LogP contribution >= 0.6 is 35.0 Å². The first kappa shape index (κ1) is 16.4. The van der Waals surface area contributed by atoms with E-state index in [-0.39, 0.29) is 12.0 Å². The molecule has 0 aliphatic carbocycles. The third-order valence-electron chi connectivity index (χ3n) is 3.35. The van der Waals surface area contributed by atoms with Gasteiger partial charge in [-0.15, -0.1) is 0 Å². The van der Waals surface area contributed by atoms with Crippen molar-refractivity contribution in [1.29, 1.82) is 0 Å². The molecular weight excluding hydrogens is 355 g/mol. The van der Waals surface area contributed by atoms with Crippen LogP contribution in [0.2, 0.25) is 10.0 Å². The molecule has 120 valence electrons. The Morgan fingerprint density at radius 2 is 2.17 bits per heavy atom. The predicted octanol–water partition coefficient (Wildman–Crippen LogP) is 4.53. The van der Waals surface area contributed by atoms with E-state index < -0.39 is 0 Å². The van der Waals surface area contributed by atoms with Crippen molar-refractivity contribution >= 4 is 46.6 Å².